The average molecular weight is 323 g/mol. The van der Waals surface area contributed by atoms with E-state index in [1.807, 2.05) is 31.2 Å². The molecule has 0 unspecified atom stereocenters. The van der Waals surface area contributed by atoms with E-state index in [0.717, 1.165) is 11.1 Å². The second kappa shape index (κ2) is 6.54. The third-order valence-corrected chi connectivity index (χ3v) is 3.75. The van der Waals surface area contributed by atoms with Crippen LogP contribution in [-0.4, -0.2) is 21.2 Å². The van der Waals surface area contributed by atoms with Crippen LogP contribution >= 0.6 is 0 Å². The molecule has 0 N–H and O–H groups in total. The van der Waals surface area contributed by atoms with Crippen molar-refractivity contribution in [2.75, 3.05) is 7.11 Å². The van der Waals surface area contributed by atoms with Gasteiger partial charge in [-0.05, 0) is 42.3 Å². The van der Waals surface area contributed by atoms with Gasteiger partial charge in [-0.1, -0.05) is 6.07 Å². The highest BCUT2D eigenvalue weighted by Gasteiger charge is 2.11. The fourth-order valence-electron chi connectivity index (χ4n) is 2.50. The number of methoxy groups -OCH3 is 1. The van der Waals surface area contributed by atoms with Crippen molar-refractivity contribution in [1.29, 1.82) is 0 Å². The van der Waals surface area contributed by atoms with Crippen molar-refractivity contribution >= 4 is 0 Å². The van der Waals surface area contributed by atoms with Gasteiger partial charge in [-0.25, -0.2) is 0 Å². The Kier molecular flexibility index (Phi) is 4.29. The quantitative estimate of drug-likeness (QED) is 0.686. The lowest BCUT2D eigenvalue weighted by Gasteiger charge is -2.13. The normalized spacial score (nSPS) is 10.6. The molecule has 6 heteroatoms. The smallest absolute Gasteiger partial charge is 0.321 e. The topological polar surface area (TPSA) is 66.1 Å². The maximum atomic E-state index is 12.5. The van der Waals surface area contributed by atoms with Gasteiger partial charge in [0.05, 0.1) is 19.3 Å². The van der Waals surface area contributed by atoms with Crippen molar-refractivity contribution in [1.82, 2.24) is 14.1 Å². The van der Waals surface area contributed by atoms with Crippen LogP contribution in [0.1, 0.15) is 11.1 Å². The van der Waals surface area contributed by atoms with Crippen molar-refractivity contribution in [3.05, 3.63) is 87.0 Å². The summed E-state index contributed by atoms with van der Waals surface area (Å²) in [6, 6.07) is 9.09. The Morgan fingerprint density at radius 2 is 1.79 bits per heavy atom. The summed E-state index contributed by atoms with van der Waals surface area (Å²) in [5, 5.41) is 0. The molecule has 0 saturated heterocycles. The first-order chi connectivity index (χ1) is 11.6. The molecular weight excluding hydrogens is 306 g/mol. The van der Waals surface area contributed by atoms with Crippen molar-refractivity contribution in [3.8, 4) is 11.4 Å². The summed E-state index contributed by atoms with van der Waals surface area (Å²) in [7, 11) is 1.53. The Morgan fingerprint density at radius 3 is 2.50 bits per heavy atom. The van der Waals surface area contributed by atoms with Gasteiger partial charge in [0.15, 0.2) is 0 Å². The molecule has 0 spiro atoms. The van der Waals surface area contributed by atoms with Gasteiger partial charge in [0.25, 0.3) is 0 Å². The van der Waals surface area contributed by atoms with Crippen LogP contribution in [0, 0.1) is 6.92 Å². The monoisotopic (exact) mass is 323 g/mol. The molecule has 1 aromatic carbocycles. The lowest BCUT2D eigenvalue weighted by atomic mass is 10.2. The summed E-state index contributed by atoms with van der Waals surface area (Å²) in [6.07, 6.45) is 6.49. The highest BCUT2D eigenvalue weighted by atomic mass is 16.5. The summed E-state index contributed by atoms with van der Waals surface area (Å²) >= 11 is 0. The highest BCUT2D eigenvalue weighted by molar-refractivity contribution is 5.48. The Bertz CT molecular complexity index is 975. The van der Waals surface area contributed by atoms with Crippen LogP contribution in [0.15, 0.2) is 64.7 Å². The predicted molar refractivity (Wildman–Crippen MR) is 90.9 cm³/mol. The molecule has 2 aromatic heterocycles. The second-order valence-electron chi connectivity index (χ2n) is 5.44. The summed E-state index contributed by atoms with van der Waals surface area (Å²) in [4.78, 5) is 28.9. The van der Waals surface area contributed by atoms with E-state index < -0.39 is 11.1 Å². The minimum Gasteiger partial charge on any atom is -0.495 e. The molecule has 0 aliphatic carbocycles. The Morgan fingerprint density at radius 1 is 1.04 bits per heavy atom. The number of aromatic nitrogens is 3. The molecular formula is C18H17N3O3. The summed E-state index contributed by atoms with van der Waals surface area (Å²) in [5.41, 5.74) is 1.22. The Hall–Kier alpha value is -3.15. The Balaban J connectivity index is 2.07. The molecule has 3 rings (SSSR count). The molecule has 0 atom stereocenters. The summed E-state index contributed by atoms with van der Waals surface area (Å²) in [5.74, 6) is 0.536. The first-order valence-corrected chi connectivity index (χ1v) is 7.46. The lowest BCUT2D eigenvalue weighted by Crippen LogP contribution is -2.40. The van der Waals surface area contributed by atoms with Crippen LogP contribution in [-0.2, 0) is 6.54 Å². The SMILES string of the molecule is COc1ccc(C)cc1-n1ccn(Cc2ccncc2)c(=O)c1=O. The van der Waals surface area contributed by atoms with E-state index >= 15 is 0 Å². The van der Waals surface area contributed by atoms with Crippen LogP contribution in [0.2, 0.25) is 0 Å². The molecule has 0 bridgehead atoms. The zero-order valence-electron chi connectivity index (χ0n) is 13.5. The molecule has 2 heterocycles. The van der Waals surface area contributed by atoms with Crippen LogP contribution in [0.5, 0.6) is 5.75 Å². The molecule has 24 heavy (non-hydrogen) atoms. The van der Waals surface area contributed by atoms with Gasteiger partial charge in [-0.2, -0.15) is 0 Å². The number of pyridine rings is 1. The number of nitrogens with zero attached hydrogens (tertiary/aromatic N) is 3. The van der Waals surface area contributed by atoms with Gasteiger partial charge in [0.2, 0.25) is 0 Å². The molecule has 0 radical (unpaired) electrons. The van der Waals surface area contributed by atoms with Crippen molar-refractivity contribution in [3.63, 3.8) is 0 Å². The van der Waals surface area contributed by atoms with Gasteiger partial charge < -0.3 is 9.30 Å². The fraction of sp³-hybridized carbons (Fsp3) is 0.167. The number of hydrogen-bond donors (Lipinski definition) is 0. The van der Waals surface area contributed by atoms with Crippen molar-refractivity contribution in [2.45, 2.75) is 13.5 Å². The molecule has 0 fully saturated rings. The minimum absolute atomic E-state index is 0.322. The van der Waals surface area contributed by atoms with Gasteiger partial charge in [0, 0.05) is 24.8 Å². The molecule has 6 nitrogen and oxygen atoms in total. The van der Waals surface area contributed by atoms with Gasteiger partial charge in [0.1, 0.15) is 5.75 Å². The van der Waals surface area contributed by atoms with Crippen LogP contribution < -0.4 is 15.9 Å². The third kappa shape index (κ3) is 2.99. The van der Waals surface area contributed by atoms with Crippen LogP contribution in [0.25, 0.3) is 5.69 Å². The maximum absolute atomic E-state index is 12.5. The second-order valence-corrected chi connectivity index (χ2v) is 5.44. The summed E-state index contributed by atoms with van der Waals surface area (Å²) in [6.45, 7) is 2.24. The molecule has 122 valence electrons. The summed E-state index contributed by atoms with van der Waals surface area (Å²) < 4.78 is 8.00. The number of rotatable bonds is 4. The lowest BCUT2D eigenvalue weighted by molar-refractivity contribution is 0.412. The molecule has 3 aromatic rings. The van der Waals surface area contributed by atoms with Crippen molar-refractivity contribution < 1.29 is 4.74 Å². The van der Waals surface area contributed by atoms with E-state index in [1.54, 1.807) is 30.9 Å². The van der Waals surface area contributed by atoms with Crippen molar-refractivity contribution in [2.24, 2.45) is 0 Å². The number of benzene rings is 1. The van der Waals surface area contributed by atoms with Gasteiger partial charge in [-0.3, -0.25) is 19.1 Å². The van der Waals surface area contributed by atoms with E-state index in [0.29, 0.717) is 18.0 Å². The van der Waals surface area contributed by atoms with Crippen LogP contribution in [0.4, 0.5) is 0 Å². The van der Waals surface area contributed by atoms with E-state index in [-0.39, 0.29) is 0 Å². The minimum atomic E-state index is -0.615. The van der Waals surface area contributed by atoms with E-state index in [9.17, 15) is 9.59 Å². The zero-order valence-corrected chi connectivity index (χ0v) is 13.5. The van der Waals surface area contributed by atoms with E-state index in [4.69, 9.17) is 4.74 Å². The maximum Gasteiger partial charge on any atom is 0.321 e. The fourth-order valence-corrected chi connectivity index (χ4v) is 2.50. The predicted octanol–water partition coefficient (Wildman–Crippen LogP) is 1.76. The largest absolute Gasteiger partial charge is 0.495 e. The highest BCUT2D eigenvalue weighted by Crippen LogP contribution is 2.22. The van der Waals surface area contributed by atoms with E-state index in [2.05, 4.69) is 4.98 Å². The van der Waals surface area contributed by atoms with E-state index in [1.165, 1.54) is 16.2 Å². The third-order valence-electron chi connectivity index (χ3n) is 3.75. The molecule has 0 aliphatic heterocycles. The number of ether oxygens (including phenoxy) is 1. The number of aryl methyl sites for hydroxylation is 1. The number of hydrogen-bond acceptors (Lipinski definition) is 4. The molecule has 0 aliphatic rings. The van der Waals surface area contributed by atoms with Crippen LogP contribution in [0.3, 0.4) is 0 Å². The molecule has 0 amide bonds. The first-order valence-electron chi connectivity index (χ1n) is 7.46. The average Bonchev–Trinajstić information content (AvgIpc) is 2.60. The van der Waals surface area contributed by atoms with Gasteiger partial charge in [-0.15, -0.1) is 0 Å². The Labute approximate surface area is 138 Å². The van der Waals surface area contributed by atoms with Gasteiger partial charge >= 0.3 is 11.1 Å². The standard InChI is InChI=1S/C18H17N3O3/c1-13-3-4-16(24-2)15(11-13)21-10-9-20(17(22)18(21)23)12-14-5-7-19-8-6-14/h3-11H,12H2,1-2H3. The first kappa shape index (κ1) is 15.7. The molecule has 0 saturated carbocycles. The zero-order chi connectivity index (χ0) is 17.1.